The molecule has 3 aromatic rings. The second-order valence-corrected chi connectivity index (χ2v) is 6.58. The molecule has 4 rings (SSSR count). The van der Waals surface area contributed by atoms with E-state index >= 15 is 0 Å². The second-order valence-electron chi connectivity index (χ2n) is 6.58. The molecule has 0 saturated carbocycles. The number of hydrogen-bond donors (Lipinski definition) is 2. The van der Waals surface area contributed by atoms with Gasteiger partial charge in [0.25, 0.3) is 0 Å². The molecule has 2 heterocycles. The number of H-pyrrole nitrogens is 1. The summed E-state index contributed by atoms with van der Waals surface area (Å²) in [6, 6.07) is 13.1. The molecule has 0 spiro atoms. The minimum absolute atomic E-state index is 0.100. The Morgan fingerprint density at radius 2 is 2.15 bits per heavy atom. The van der Waals surface area contributed by atoms with Gasteiger partial charge in [-0.3, -0.25) is 9.36 Å². The number of methoxy groups -OCH3 is 1. The highest BCUT2D eigenvalue weighted by Gasteiger charge is 2.23. The van der Waals surface area contributed by atoms with Crippen LogP contribution in [0.1, 0.15) is 12.0 Å². The molecule has 1 aliphatic heterocycles. The average Bonchev–Trinajstić information content (AvgIpc) is 3.00. The minimum Gasteiger partial charge on any atom is -0.493 e. The molecule has 0 saturated heterocycles. The smallest absolute Gasteiger partial charge is 0.326 e. The van der Waals surface area contributed by atoms with Gasteiger partial charge in [0.2, 0.25) is 5.91 Å². The highest BCUT2D eigenvalue weighted by Crippen LogP contribution is 2.34. The molecule has 1 atom stereocenters. The number of carbonyl (C=O) groups excluding carboxylic acids is 1. The first-order valence-corrected chi connectivity index (χ1v) is 8.91. The van der Waals surface area contributed by atoms with Crippen molar-refractivity contribution in [1.82, 2.24) is 14.9 Å². The van der Waals surface area contributed by atoms with E-state index in [2.05, 4.69) is 10.3 Å². The van der Waals surface area contributed by atoms with Crippen molar-refractivity contribution >= 4 is 16.9 Å². The van der Waals surface area contributed by atoms with Crippen molar-refractivity contribution in [2.45, 2.75) is 25.4 Å². The number of rotatable bonds is 5. The van der Waals surface area contributed by atoms with Crippen molar-refractivity contribution in [3.8, 4) is 11.5 Å². The Morgan fingerprint density at radius 3 is 3.00 bits per heavy atom. The standard InChI is InChI=1S/C20H21N3O4/c1-26-17-8-4-5-13-11-14(12-27-19(13)17)21-18(24)9-10-23-16-7-3-2-6-15(16)22-20(23)25/h2-8,14H,9-12H2,1H3,(H,21,24)(H,22,25)/t14-/m0/s1. The zero-order valence-electron chi connectivity index (χ0n) is 15.0. The fraction of sp³-hybridized carbons (Fsp3) is 0.300. The van der Waals surface area contributed by atoms with Crippen LogP contribution in [0.3, 0.4) is 0 Å². The number of nitrogens with zero attached hydrogens (tertiary/aromatic N) is 1. The number of nitrogens with one attached hydrogen (secondary N) is 2. The van der Waals surface area contributed by atoms with Crippen molar-refractivity contribution in [3.05, 3.63) is 58.5 Å². The summed E-state index contributed by atoms with van der Waals surface area (Å²) in [7, 11) is 1.61. The van der Waals surface area contributed by atoms with Gasteiger partial charge in [-0.15, -0.1) is 0 Å². The van der Waals surface area contributed by atoms with E-state index in [1.165, 1.54) is 0 Å². The summed E-state index contributed by atoms with van der Waals surface area (Å²) in [5.74, 6) is 1.35. The van der Waals surface area contributed by atoms with Gasteiger partial charge in [-0.05, 0) is 24.6 Å². The largest absolute Gasteiger partial charge is 0.493 e. The molecule has 1 aliphatic rings. The summed E-state index contributed by atoms with van der Waals surface area (Å²) < 4.78 is 12.7. The number of fused-ring (bicyclic) bond motifs is 2. The predicted molar refractivity (Wildman–Crippen MR) is 101 cm³/mol. The molecule has 2 aromatic carbocycles. The van der Waals surface area contributed by atoms with Crippen molar-refractivity contribution in [1.29, 1.82) is 0 Å². The van der Waals surface area contributed by atoms with Crippen molar-refractivity contribution in [3.63, 3.8) is 0 Å². The maximum absolute atomic E-state index is 12.4. The number of amides is 1. The van der Waals surface area contributed by atoms with E-state index in [-0.39, 0.29) is 24.1 Å². The third-order valence-corrected chi connectivity index (χ3v) is 4.78. The zero-order chi connectivity index (χ0) is 18.8. The van der Waals surface area contributed by atoms with Crippen LogP contribution in [0.5, 0.6) is 11.5 Å². The molecular formula is C20H21N3O4. The molecule has 0 bridgehead atoms. The fourth-order valence-electron chi connectivity index (χ4n) is 3.49. The number of hydrogen-bond acceptors (Lipinski definition) is 4. The van der Waals surface area contributed by atoms with Crippen LogP contribution in [0.2, 0.25) is 0 Å². The van der Waals surface area contributed by atoms with E-state index in [4.69, 9.17) is 9.47 Å². The van der Waals surface area contributed by atoms with Gasteiger partial charge in [0.1, 0.15) is 6.61 Å². The first-order chi connectivity index (χ1) is 13.2. The zero-order valence-corrected chi connectivity index (χ0v) is 15.0. The van der Waals surface area contributed by atoms with Gasteiger partial charge >= 0.3 is 5.69 Å². The monoisotopic (exact) mass is 367 g/mol. The second kappa shape index (κ2) is 7.19. The van der Waals surface area contributed by atoms with Crippen molar-refractivity contribution in [2.75, 3.05) is 13.7 Å². The Kier molecular flexibility index (Phi) is 4.58. The summed E-state index contributed by atoms with van der Waals surface area (Å²) in [5, 5.41) is 3.00. The molecule has 0 aliphatic carbocycles. The van der Waals surface area contributed by atoms with Gasteiger partial charge in [0.15, 0.2) is 11.5 Å². The van der Waals surface area contributed by atoms with Gasteiger partial charge in [-0.1, -0.05) is 24.3 Å². The molecule has 7 heteroatoms. The lowest BCUT2D eigenvalue weighted by Crippen LogP contribution is -2.43. The Hall–Kier alpha value is -3.22. The molecule has 27 heavy (non-hydrogen) atoms. The van der Waals surface area contributed by atoms with Crippen LogP contribution in [0.4, 0.5) is 0 Å². The lowest BCUT2D eigenvalue weighted by atomic mass is 10.0. The van der Waals surface area contributed by atoms with Crippen molar-refractivity contribution in [2.24, 2.45) is 0 Å². The van der Waals surface area contributed by atoms with Crippen LogP contribution in [0.25, 0.3) is 11.0 Å². The highest BCUT2D eigenvalue weighted by atomic mass is 16.5. The molecule has 1 aromatic heterocycles. The summed E-state index contributed by atoms with van der Waals surface area (Å²) in [6.07, 6.45) is 0.911. The van der Waals surface area contributed by atoms with E-state index in [9.17, 15) is 9.59 Å². The highest BCUT2D eigenvalue weighted by molar-refractivity contribution is 5.77. The summed E-state index contributed by atoms with van der Waals surface area (Å²) in [6.45, 7) is 0.721. The Morgan fingerprint density at radius 1 is 1.30 bits per heavy atom. The van der Waals surface area contributed by atoms with Crippen LogP contribution in [0, 0.1) is 0 Å². The van der Waals surface area contributed by atoms with Crippen molar-refractivity contribution < 1.29 is 14.3 Å². The van der Waals surface area contributed by atoms with Gasteiger partial charge in [-0.2, -0.15) is 0 Å². The van der Waals surface area contributed by atoms with Crippen LogP contribution in [-0.2, 0) is 17.8 Å². The quantitative estimate of drug-likeness (QED) is 0.721. The molecule has 140 valence electrons. The van der Waals surface area contributed by atoms with Gasteiger partial charge in [0, 0.05) is 18.5 Å². The molecule has 2 N–H and O–H groups in total. The summed E-state index contributed by atoms with van der Waals surface area (Å²) in [5.41, 5.74) is 2.39. The Balaban J connectivity index is 1.39. The molecule has 1 amide bonds. The van der Waals surface area contributed by atoms with E-state index < -0.39 is 0 Å². The maximum Gasteiger partial charge on any atom is 0.326 e. The van der Waals surface area contributed by atoms with Crippen LogP contribution < -0.4 is 20.5 Å². The fourth-order valence-corrected chi connectivity index (χ4v) is 3.49. The molecule has 0 unspecified atom stereocenters. The molecule has 0 fully saturated rings. The SMILES string of the molecule is COc1cccc2c1OC[C@@H](NC(=O)CCn1c(=O)[nH]c3ccccc31)C2. The lowest BCUT2D eigenvalue weighted by molar-refractivity contribution is -0.122. The van der Waals surface area contributed by atoms with E-state index in [0.717, 1.165) is 22.3 Å². The molecule has 0 radical (unpaired) electrons. The lowest BCUT2D eigenvalue weighted by Gasteiger charge is -2.27. The van der Waals surface area contributed by atoms with Crippen LogP contribution in [0.15, 0.2) is 47.3 Å². The topological polar surface area (TPSA) is 85.3 Å². The predicted octanol–water partition coefficient (Wildman–Crippen LogP) is 1.85. The minimum atomic E-state index is -0.203. The number of ether oxygens (including phenoxy) is 2. The Labute approximate surface area is 155 Å². The number of para-hydroxylation sites is 3. The number of aromatic amines is 1. The molecule has 7 nitrogen and oxygen atoms in total. The maximum atomic E-state index is 12.4. The average molecular weight is 367 g/mol. The van der Waals surface area contributed by atoms with Gasteiger partial charge in [-0.25, -0.2) is 4.79 Å². The van der Waals surface area contributed by atoms with Crippen LogP contribution >= 0.6 is 0 Å². The van der Waals surface area contributed by atoms with Gasteiger partial charge < -0.3 is 19.8 Å². The number of aryl methyl sites for hydroxylation is 1. The normalized spacial score (nSPS) is 15.8. The summed E-state index contributed by atoms with van der Waals surface area (Å²) in [4.78, 5) is 27.3. The third kappa shape index (κ3) is 3.40. The first-order valence-electron chi connectivity index (χ1n) is 8.91. The van der Waals surface area contributed by atoms with E-state index in [0.29, 0.717) is 25.3 Å². The third-order valence-electron chi connectivity index (χ3n) is 4.78. The van der Waals surface area contributed by atoms with E-state index in [1.807, 2.05) is 42.5 Å². The Bertz CT molecular complexity index is 1040. The number of carbonyl (C=O) groups is 1. The number of benzene rings is 2. The van der Waals surface area contributed by atoms with Crippen LogP contribution in [-0.4, -0.2) is 35.2 Å². The first kappa shape index (κ1) is 17.2. The molecular weight excluding hydrogens is 346 g/mol. The number of aromatic nitrogens is 2. The number of imidazole rings is 1. The van der Waals surface area contributed by atoms with Gasteiger partial charge in [0.05, 0.1) is 24.2 Å². The summed E-state index contributed by atoms with van der Waals surface area (Å²) >= 11 is 0. The van der Waals surface area contributed by atoms with E-state index in [1.54, 1.807) is 11.7 Å².